The van der Waals surface area contributed by atoms with Gasteiger partial charge in [0.2, 0.25) is 15.9 Å². The van der Waals surface area contributed by atoms with E-state index in [0.29, 0.717) is 30.5 Å². The van der Waals surface area contributed by atoms with Crippen LogP contribution in [0.25, 0.3) is 0 Å². The summed E-state index contributed by atoms with van der Waals surface area (Å²) in [5.74, 6) is -0.587. The molecule has 2 aromatic rings. The average Bonchev–Trinajstić information content (AvgIpc) is 2.71. The highest BCUT2D eigenvalue weighted by Gasteiger charge is 2.32. The van der Waals surface area contributed by atoms with Crippen LogP contribution in [0.3, 0.4) is 0 Å². The summed E-state index contributed by atoms with van der Waals surface area (Å²) in [6.45, 7) is 0.793. The van der Waals surface area contributed by atoms with Gasteiger partial charge < -0.3 is 10.2 Å². The van der Waals surface area contributed by atoms with Gasteiger partial charge in [-0.05, 0) is 30.5 Å². The fourth-order valence-corrected chi connectivity index (χ4v) is 4.29. The number of carbonyl (C=O) groups excluding carboxylic acids is 2. The summed E-state index contributed by atoms with van der Waals surface area (Å²) >= 11 is 0. The molecule has 1 heterocycles. The van der Waals surface area contributed by atoms with Crippen molar-refractivity contribution in [3.05, 3.63) is 71.8 Å². The Morgan fingerprint density at radius 2 is 1.66 bits per heavy atom. The van der Waals surface area contributed by atoms with Crippen LogP contribution in [0.4, 0.5) is 0 Å². The van der Waals surface area contributed by atoms with Gasteiger partial charge in [-0.1, -0.05) is 48.5 Å². The smallest absolute Gasteiger partial charge is 0.252 e. The average molecular weight is 416 g/mol. The Kier molecular flexibility index (Phi) is 6.66. The van der Waals surface area contributed by atoms with Gasteiger partial charge in [-0.2, -0.15) is 0 Å². The maximum absolute atomic E-state index is 13.3. The molecule has 2 N–H and O–H groups in total. The maximum Gasteiger partial charge on any atom is 0.252 e. The number of hydrogen-bond acceptors (Lipinski definition) is 4. The van der Waals surface area contributed by atoms with Crippen molar-refractivity contribution in [1.29, 1.82) is 0 Å². The number of rotatable bonds is 6. The van der Waals surface area contributed by atoms with Crippen LogP contribution in [0.5, 0.6) is 0 Å². The molecule has 0 saturated carbocycles. The van der Waals surface area contributed by atoms with Crippen molar-refractivity contribution in [1.82, 2.24) is 14.9 Å². The number of piperidine rings is 1. The molecule has 0 spiro atoms. The standard InChI is InChI=1S/C21H25N3O4S/c1-29(27,28)23-18-13-8-14-24(15-18)21(26)19(16-9-4-2-5-10-16)22-20(25)17-11-6-3-7-12-17/h2-7,9-12,18-19,23H,8,13-15H2,1H3,(H,22,25)/t18-,19-/m0/s1. The molecule has 0 bridgehead atoms. The third kappa shape index (κ3) is 5.88. The number of sulfonamides is 1. The zero-order valence-corrected chi connectivity index (χ0v) is 17.1. The Morgan fingerprint density at radius 3 is 2.28 bits per heavy atom. The van der Waals surface area contributed by atoms with Gasteiger partial charge >= 0.3 is 0 Å². The van der Waals surface area contributed by atoms with Crippen molar-refractivity contribution in [2.45, 2.75) is 24.9 Å². The predicted octanol–water partition coefficient (Wildman–Crippen LogP) is 1.70. The van der Waals surface area contributed by atoms with Crippen molar-refractivity contribution in [3.8, 4) is 0 Å². The van der Waals surface area contributed by atoms with E-state index < -0.39 is 16.1 Å². The molecule has 2 aromatic carbocycles. The van der Waals surface area contributed by atoms with E-state index in [1.54, 1.807) is 41.3 Å². The molecule has 0 aromatic heterocycles. The molecule has 154 valence electrons. The van der Waals surface area contributed by atoms with Crippen molar-refractivity contribution in [2.75, 3.05) is 19.3 Å². The molecule has 8 heteroatoms. The third-order valence-corrected chi connectivity index (χ3v) is 5.57. The monoisotopic (exact) mass is 415 g/mol. The van der Waals surface area contributed by atoms with Gasteiger partial charge in [-0.3, -0.25) is 9.59 Å². The first kappa shape index (κ1) is 21.0. The molecule has 0 unspecified atom stereocenters. The van der Waals surface area contributed by atoms with Crippen LogP contribution in [0, 0.1) is 0 Å². The summed E-state index contributed by atoms with van der Waals surface area (Å²) in [4.78, 5) is 27.6. The molecule has 0 aliphatic carbocycles. The molecule has 1 fully saturated rings. The fourth-order valence-electron chi connectivity index (χ4n) is 3.50. The van der Waals surface area contributed by atoms with Gasteiger partial charge in [0.05, 0.1) is 6.26 Å². The van der Waals surface area contributed by atoms with E-state index in [0.717, 1.165) is 6.26 Å². The van der Waals surface area contributed by atoms with E-state index in [1.165, 1.54) is 0 Å². The van der Waals surface area contributed by atoms with E-state index in [1.807, 2.05) is 24.3 Å². The topological polar surface area (TPSA) is 95.6 Å². The Balaban J connectivity index is 1.80. The molecule has 2 amide bonds. The van der Waals surface area contributed by atoms with Crippen molar-refractivity contribution in [2.24, 2.45) is 0 Å². The van der Waals surface area contributed by atoms with E-state index in [4.69, 9.17) is 0 Å². The molecule has 1 saturated heterocycles. The normalized spacial score (nSPS) is 18.1. The molecular formula is C21H25N3O4S. The molecule has 0 radical (unpaired) electrons. The van der Waals surface area contributed by atoms with Crippen LogP contribution in [0.1, 0.15) is 34.8 Å². The first-order chi connectivity index (χ1) is 13.8. The fraction of sp³-hybridized carbons (Fsp3) is 0.333. The number of likely N-dealkylation sites (tertiary alicyclic amines) is 1. The number of nitrogens with one attached hydrogen (secondary N) is 2. The van der Waals surface area contributed by atoms with Crippen LogP contribution in [0.2, 0.25) is 0 Å². The summed E-state index contributed by atoms with van der Waals surface area (Å²) < 4.78 is 25.7. The lowest BCUT2D eigenvalue weighted by Gasteiger charge is -2.35. The molecule has 1 aliphatic heterocycles. The predicted molar refractivity (Wildman–Crippen MR) is 111 cm³/mol. The quantitative estimate of drug-likeness (QED) is 0.751. The van der Waals surface area contributed by atoms with Gasteiger partial charge in [0.25, 0.3) is 5.91 Å². The lowest BCUT2D eigenvalue weighted by molar-refractivity contribution is -0.134. The largest absolute Gasteiger partial charge is 0.339 e. The van der Waals surface area contributed by atoms with Gasteiger partial charge in [-0.15, -0.1) is 0 Å². The SMILES string of the molecule is CS(=O)(=O)N[C@H]1CCCN(C(=O)[C@@H](NC(=O)c2ccccc2)c2ccccc2)C1. The van der Waals surface area contributed by atoms with Crippen molar-refractivity contribution >= 4 is 21.8 Å². The lowest BCUT2D eigenvalue weighted by Crippen LogP contribution is -2.52. The zero-order valence-electron chi connectivity index (χ0n) is 16.2. The number of hydrogen-bond donors (Lipinski definition) is 2. The zero-order chi connectivity index (χ0) is 20.9. The number of amides is 2. The Bertz CT molecular complexity index is 948. The highest BCUT2D eigenvalue weighted by molar-refractivity contribution is 7.88. The number of carbonyl (C=O) groups is 2. The molecule has 2 atom stereocenters. The van der Waals surface area contributed by atoms with E-state index in [9.17, 15) is 18.0 Å². The Hall–Kier alpha value is -2.71. The molecule has 3 rings (SSSR count). The lowest BCUT2D eigenvalue weighted by atomic mass is 10.0. The van der Waals surface area contributed by atoms with Crippen LogP contribution < -0.4 is 10.0 Å². The summed E-state index contributed by atoms with van der Waals surface area (Å²) in [5, 5.41) is 2.84. The first-order valence-electron chi connectivity index (χ1n) is 9.50. The second-order valence-electron chi connectivity index (χ2n) is 7.20. The van der Waals surface area contributed by atoms with Gasteiger partial charge in [0, 0.05) is 24.7 Å². The van der Waals surface area contributed by atoms with Crippen LogP contribution >= 0.6 is 0 Å². The van der Waals surface area contributed by atoms with Crippen LogP contribution in [0.15, 0.2) is 60.7 Å². The minimum Gasteiger partial charge on any atom is -0.339 e. The van der Waals surface area contributed by atoms with Gasteiger partial charge in [0.1, 0.15) is 6.04 Å². The van der Waals surface area contributed by atoms with E-state index >= 15 is 0 Å². The summed E-state index contributed by atoms with van der Waals surface area (Å²) in [6, 6.07) is 16.6. The number of benzene rings is 2. The highest BCUT2D eigenvalue weighted by Crippen LogP contribution is 2.20. The van der Waals surface area contributed by atoms with Crippen molar-refractivity contribution in [3.63, 3.8) is 0 Å². The summed E-state index contributed by atoms with van der Waals surface area (Å²) in [5.41, 5.74) is 1.15. The maximum atomic E-state index is 13.3. The van der Waals surface area contributed by atoms with Gasteiger partial charge in [-0.25, -0.2) is 13.1 Å². The second-order valence-corrected chi connectivity index (χ2v) is 8.98. The minimum absolute atomic E-state index is 0.250. The Labute approximate surface area is 171 Å². The molecule has 29 heavy (non-hydrogen) atoms. The molecular weight excluding hydrogens is 390 g/mol. The van der Waals surface area contributed by atoms with Crippen molar-refractivity contribution < 1.29 is 18.0 Å². The first-order valence-corrected chi connectivity index (χ1v) is 11.4. The number of nitrogens with zero attached hydrogens (tertiary/aromatic N) is 1. The summed E-state index contributed by atoms with van der Waals surface area (Å²) in [6.07, 6.45) is 2.47. The van der Waals surface area contributed by atoms with Crippen LogP contribution in [-0.4, -0.2) is 50.5 Å². The van der Waals surface area contributed by atoms with Crippen LogP contribution in [-0.2, 0) is 14.8 Å². The molecule has 7 nitrogen and oxygen atoms in total. The Morgan fingerprint density at radius 1 is 1.03 bits per heavy atom. The third-order valence-electron chi connectivity index (χ3n) is 4.81. The molecule has 1 aliphatic rings. The second kappa shape index (κ2) is 9.19. The summed E-state index contributed by atoms with van der Waals surface area (Å²) in [7, 11) is -3.36. The van der Waals surface area contributed by atoms with Gasteiger partial charge in [0.15, 0.2) is 0 Å². The van der Waals surface area contributed by atoms with E-state index in [-0.39, 0.29) is 24.4 Å². The van der Waals surface area contributed by atoms with E-state index in [2.05, 4.69) is 10.0 Å². The minimum atomic E-state index is -3.36. The highest BCUT2D eigenvalue weighted by atomic mass is 32.2.